The Morgan fingerprint density at radius 2 is 2.25 bits per heavy atom. The van der Waals surface area contributed by atoms with Crippen molar-refractivity contribution in [2.75, 3.05) is 17.7 Å². The molecule has 0 unspecified atom stereocenters. The summed E-state index contributed by atoms with van der Waals surface area (Å²) in [6.07, 6.45) is 3.01. The molecule has 0 saturated heterocycles. The molecule has 1 heterocycles. The number of carbonyl (C=O) groups is 1. The molecule has 0 aliphatic carbocycles. The zero-order valence-corrected chi connectivity index (χ0v) is 11.6. The molecule has 0 aliphatic heterocycles. The van der Waals surface area contributed by atoms with Crippen molar-refractivity contribution in [1.29, 1.82) is 0 Å². The number of nitrogens with zero attached hydrogens (tertiary/aromatic N) is 1. The van der Waals surface area contributed by atoms with E-state index in [4.69, 9.17) is 22.1 Å². The number of halogens is 1. The number of hydrogen-bond acceptors (Lipinski definition) is 4. The van der Waals surface area contributed by atoms with Crippen LogP contribution in [-0.4, -0.2) is 17.5 Å². The largest absolute Gasteiger partial charge is 0.493 e. The van der Waals surface area contributed by atoms with Crippen LogP contribution in [0.2, 0.25) is 5.02 Å². The Bertz CT molecular complexity index is 632. The van der Waals surface area contributed by atoms with Crippen LogP contribution >= 0.6 is 11.6 Å². The second-order valence-corrected chi connectivity index (χ2v) is 4.37. The van der Waals surface area contributed by atoms with E-state index < -0.39 is 0 Å². The highest BCUT2D eigenvalue weighted by atomic mass is 35.5. The molecule has 6 heteroatoms. The standard InChI is InChI=1S/C14H14ClN3O2/c1-2-20-12-5-3-4-10(16)13(12)14(19)18-11-8-17-7-6-9(11)15/h3-8H,2,16H2,1H3,(H,18,19). The molecule has 0 radical (unpaired) electrons. The van der Waals surface area contributed by atoms with Crippen LogP contribution in [-0.2, 0) is 0 Å². The van der Waals surface area contributed by atoms with Gasteiger partial charge in [0.25, 0.3) is 5.91 Å². The van der Waals surface area contributed by atoms with Crippen molar-refractivity contribution in [2.24, 2.45) is 0 Å². The Balaban J connectivity index is 2.32. The summed E-state index contributed by atoms with van der Waals surface area (Å²) in [6, 6.07) is 6.66. The van der Waals surface area contributed by atoms with Gasteiger partial charge in [-0.2, -0.15) is 0 Å². The zero-order chi connectivity index (χ0) is 14.5. The third-order valence-corrected chi connectivity index (χ3v) is 2.93. The van der Waals surface area contributed by atoms with Gasteiger partial charge in [0.1, 0.15) is 11.3 Å². The fraction of sp³-hybridized carbons (Fsp3) is 0.143. The van der Waals surface area contributed by atoms with E-state index in [1.807, 2.05) is 6.92 Å². The Morgan fingerprint density at radius 1 is 1.45 bits per heavy atom. The van der Waals surface area contributed by atoms with Crippen LogP contribution < -0.4 is 15.8 Å². The number of carbonyl (C=O) groups excluding carboxylic acids is 1. The lowest BCUT2D eigenvalue weighted by atomic mass is 10.1. The molecule has 1 amide bonds. The molecular formula is C14H14ClN3O2. The molecule has 104 valence electrons. The summed E-state index contributed by atoms with van der Waals surface area (Å²) in [7, 11) is 0. The first-order valence-corrected chi connectivity index (χ1v) is 6.43. The van der Waals surface area contributed by atoms with Crippen LogP contribution in [0.5, 0.6) is 5.75 Å². The third kappa shape index (κ3) is 3.00. The number of amides is 1. The van der Waals surface area contributed by atoms with Gasteiger partial charge in [0.05, 0.1) is 23.5 Å². The smallest absolute Gasteiger partial charge is 0.261 e. The maximum atomic E-state index is 12.3. The minimum atomic E-state index is -0.388. The van der Waals surface area contributed by atoms with Crippen LogP contribution in [0.3, 0.4) is 0 Å². The van der Waals surface area contributed by atoms with Crippen molar-refractivity contribution < 1.29 is 9.53 Å². The van der Waals surface area contributed by atoms with E-state index in [0.29, 0.717) is 28.8 Å². The number of nitrogen functional groups attached to an aromatic ring is 1. The van der Waals surface area contributed by atoms with Crippen molar-refractivity contribution in [3.05, 3.63) is 47.2 Å². The highest BCUT2D eigenvalue weighted by molar-refractivity contribution is 6.33. The third-order valence-electron chi connectivity index (χ3n) is 2.60. The molecule has 2 aromatic rings. The molecule has 1 aromatic carbocycles. The molecule has 2 rings (SSSR count). The lowest BCUT2D eigenvalue weighted by molar-refractivity contribution is 0.102. The highest BCUT2D eigenvalue weighted by Crippen LogP contribution is 2.27. The summed E-state index contributed by atoms with van der Waals surface area (Å²) in [5.41, 5.74) is 6.90. The maximum Gasteiger partial charge on any atom is 0.261 e. The van der Waals surface area contributed by atoms with Crippen molar-refractivity contribution >= 4 is 28.9 Å². The number of benzene rings is 1. The van der Waals surface area contributed by atoms with Crippen LogP contribution in [0.1, 0.15) is 17.3 Å². The average Bonchev–Trinajstić information content (AvgIpc) is 2.42. The fourth-order valence-electron chi connectivity index (χ4n) is 1.72. The van der Waals surface area contributed by atoms with Gasteiger partial charge in [-0.3, -0.25) is 9.78 Å². The van der Waals surface area contributed by atoms with Gasteiger partial charge in [-0.25, -0.2) is 0 Å². The number of hydrogen-bond donors (Lipinski definition) is 2. The van der Waals surface area contributed by atoms with E-state index in [1.54, 1.807) is 30.5 Å². The molecule has 5 nitrogen and oxygen atoms in total. The zero-order valence-electron chi connectivity index (χ0n) is 10.9. The first-order chi connectivity index (χ1) is 9.63. The predicted molar refractivity (Wildman–Crippen MR) is 79.2 cm³/mol. The lowest BCUT2D eigenvalue weighted by Crippen LogP contribution is -2.16. The summed E-state index contributed by atoms with van der Waals surface area (Å²) in [5, 5.41) is 3.08. The number of anilines is 2. The number of rotatable bonds is 4. The molecule has 1 aromatic heterocycles. The van der Waals surface area contributed by atoms with Gasteiger partial charge >= 0.3 is 0 Å². The maximum absolute atomic E-state index is 12.3. The molecule has 20 heavy (non-hydrogen) atoms. The second-order valence-electron chi connectivity index (χ2n) is 3.96. The number of aromatic nitrogens is 1. The minimum absolute atomic E-state index is 0.286. The topological polar surface area (TPSA) is 77.2 Å². The number of nitrogens with one attached hydrogen (secondary N) is 1. The molecule has 0 fully saturated rings. The number of nitrogens with two attached hydrogens (primary N) is 1. The van der Waals surface area contributed by atoms with Crippen molar-refractivity contribution in [3.8, 4) is 5.75 Å². The molecule has 0 atom stereocenters. The normalized spacial score (nSPS) is 10.1. The van der Waals surface area contributed by atoms with Gasteiger partial charge in [0, 0.05) is 11.9 Å². The number of ether oxygens (including phenoxy) is 1. The van der Waals surface area contributed by atoms with Gasteiger partial charge in [0.2, 0.25) is 0 Å². The molecule has 0 saturated carbocycles. The summed E-state index contributed by atoms with van der Waals surface area (Å²) in [5.74, 6) is 0.0477. The Morgan fingerprint density at radius 3 is 2.95 bits per heavy atom. The monoisotopic (exact) mass is 291 g/mol. The second kappa shape index (κ2) is 6.25. The molecular weight excluding hydrogens is 278 g/mol. The summed E-state index contributed by atoms with van der Waals surface area (Å²) >= 11 is 5.98. The highest BCUT2D eigenvalue weighted by Gasteiger charge is 2.17. The molecule has 3 N–H and O–H groups in total. The summed E-state index contributed by atoms with van der Waals surface area (Å²) in [6.45, 7) is 2.28. The van der Waals surface area contributed by atoms with Crippen molar-refractivity contribution in [3.63, 3.8) is 0 Å². The summed E-state index contributed by atoms with van der Waals surface area (Å²) < 4.78 is 5.42. The van der Waals surface area contributed by atoms with Gasteiger partial charge < -0.3 is 15.8 Å². The Kier molecular flexibility index (Phi) is 4.42. The minimum Gasteiger partial charge on any atom is -0.493 e. The Labute approximate surface area is 121 Å². The van der Waals surface area contributed by atoms with E-state index in [1.165, 1.54) is 6.20 Å². The van der Waals surface area contributed by atoms with Crippen LogP contribution in [0.15, 0.2) is 36.7 Å². The lowest BCUT2D eigenvalue weighted by Gasteiger charge is -2.13. The first kappa shape index (κ1) is 14.1. The van der Waals surface area contributed by atoms with Gasteiger partial charge in [0.15, 0.2) is 0 Å². The van der Waals surface area contributed by atoms with E-state index in [2.05, 4.69) is 10.3 Å². The van der Waals surface area contributed by atoms with E-state index in [9.17, 15) is 4.79 Å². The van der Waals surface area contributed by atoms with E-state index >= 15 is 0 Å². The first-order valence-electron chi connectivity index (χ1n) is 6.05. The molecule has 0 bridgehead atoms. The predicted octanol–water partition coefficient (Wildman–Crippen LogP) is 2.97. The van der Waals surface area contributed by atoms with Crippen LogP contribution in [0, 0.1) is 0 Å². The van der Waals surface area contributed by atoms with E-state index in [-0.39, 0.29) is 11.5 Å². The summed E-state index contributed by atoms with van der Waals surface area (Å²) in [4.78, 5) is 16.2. The molecule has 0 aliphatic rings. The van der Waals surface area contributed by atoms with E-state index in [0.717, 1.165) is 0 Å². The van der Waals surface area contributed by atoms with Crippen LogP contribution in [0.25, 0.3) is 0 Å². The Hall–Kier alpha value is -2.27. The number of pyridine rings is 1. The average molecular weight is 292 g/mol. The SMILES string of the molecule is CCOc1cccc(N)c1C(=O)Nc1cnccc1Cl. The van der Waals surface area contributed by atoms with Gasteiger partial charge in [-0.1, -0.05) is 17.7 Å². The fourth-order valence-corrected chi connectivity index (χ4v) is 1.87. The molecule has 0 spiro atoms. The van der Waals surface area contributed by atoms with Gasteiger partial charge in [-0.05, 0) is 25.1 Å². The van der Waals surface area contributed by atoms with Crippen molar-refractivity contribution in [2.45, 2.75) is 6.92 Å². The van der Waals surface area contributed by atoms with Crippen LogP contribution in [0.4, 0.5) is 11.4 Å². The quantitative estimate of drug-likeness (QED) is 0.849. The van der Waals surface area contributed by atoms with Gasteiger partial charge in [-0.15, -0.1) is 0 Å². The van der Waals surface area contributed by atoms with Crippen molar-refractivity contribution in [1.82, 2.24) is 4.98 Å².